The maximum Gasteiger partial charge on any atom is 0.323 e. The van der Waals surface area contributed by atoms with E-state index in [9.17, 15) is 4.79 Å². The van der Waals surface area contributed by atoms with Gasteiger partial charge in [0.05, 0.1) is 23.0 Å². The fourth-order valence-electron chi connectivity index (χ4n) is 1.96. The van der Waals surface area contributed by atoms with Crippen molar-refractivity contribution >= 4 is 21.9 Å². The first kappa shape index (κ1) is 16.2. The summed E-state index contributed by atoms with van der Waals surface area (Å²) in [5, 5.41) is 7.68. The fraction of sp³-hybridized carbons (Fsp3) is 0.692. The molecule has 19 heavy (non-hydrogen) atoms. The SMILES string of the molecule is CCn1nc(C)c(Br)c1CNC(C(=O)OC)C(C)C. The molecule has 0 aliphatic rings. The minimum atomic E-state index is -0.308. The van der Waals surface area contributed by atoms with Crippen molar-refractivity contribution in [1.29, 1.82) is 0 Å². The van der Waals surface area contributed by atoms with Crippen molar-refractivity contribution in [2.45, 2.75) is 46.8 Å². The number of nitrogens with zero attached hydrogens (tertiary/aromatic N) is 2. The molecule has 1 heterocycles. The summed E-state index contributed by atoms with van der Waals surface area (Å²) >= 11 is 3.54. The maximum absolute atomic E-state index is 11.7. The Bertz CT molecular complexity index is 443. The van der Waals surface area contributed by atoms with Gasteiger partial charge < -0.3 is 4.74 Å². The van der Waals surface area contributed by atoms with Crippen molar-refractivity contribution in [3.05, 3.63) is 15.9 Å². The molecule has 0 amide bonds. The highest BCUT2D eigenvalue weighted by atomic mass is 79.9. The van der Waals surface area contributed by atoms with Crippen molar-refractivity contribution in [3.63, 3.8) is 0 Å². The number of ether oxygens (including phenoxy) is 1. The first-order valence-electron chi connectivity index (χ1n) is 6.45. The second kappa shape index (κ2) is 7.05. The Morgan fingerprint density at radius 3 is 2.63 bits per heavy atom. The van der Waals surface area contributed by atoms with Gasteiger partial charge in [-0.05, 0) is 35.7 Å². The first-order chi connectivity index (χ1) is 8.92. The summed E-state index contributed by atoms with van der Waals surface area (Å²) in [6, 6.07) is -0.308. The Morgan fingerprint density at radius 1 is 1.53 bits per heavy atom. The van der Waals surface area contributed by atoms with E-state index < -0.39 is 0 Å². The van der Waals surface area contributed by atoms with Gasteiger partial charge in [0, 0.05) is 13.1 Å². The summed E-state index contributed by atoms with van der Waals surface area (Å²) in [7, 11) is 1.41. The number of halogens is 1. The van der Waals surface area contributed by atoms with Crippen LogP contribution in [0.4, 0.5) is 0 Å². The summed E-state index contributed by atoms with van der Waals surface area (Å²) in [5.74, 6) is -0.0595. The lowest BCUT2D eigenvalue weighted by Gasteiger charge is -2.20. The molecular formula is C13H22BrN3O2. The van der Waals surface area contributed by atoms with E-state index in [1.807, 2.05) is 32.4 Å². The van der Waals surface area contributed by atoms with Gasteiger partial charge in [-0.2, -0.15) is 5.10 Å². The van der Waals surface area contributed by atoms with Crippen molar-refractivity contribution in [3.8, 4) is 0 Å². The summed E-state index contributed by atoms with van der Waals surface area (Å²) < 4.78 is 7.74. The summed E-state index contributed by atoms with van der Waals surface area (Å²) in [5.41, 5.74) is 2.01. The van der Waals surface area contributed by atoms with Gasteiger partial charge >= 0.3 is 5.97 Å². The largest absolute Gasteiger partial charge is 0.468 e. The van der Waals surface area contributed by atoms with Crippen LogP contribution < -0.4 is 5.32 Å². The number of rotatable bonds is 6. The summed E-state index contributed by atoms with van der Waals surface area (Å²) in [6.45, 7) is 9.36. The van der Waals surface area contributed by atoms with Crippen molar-refractivity contribution in [2.75, 3.05) is 7.11 Å². The second-order valence-electron chi connectivity index (χ2n) is 4.79. The van der Waals surface area contributed by atoms with E-state index >= 15 is 0 Å². The van der Waals surface area contributed by atoms with Crippen LogP contribution in [0.2, 0.25) is 0 Å². The van der Waals surface area contributed by atoms with E-state index in [4.69, 9.17) is 4.74 Å². The zero-order valence-electron chi connectivity index (χ0n) is 12.2. The Balaban J connectivity index is 2.82. The molecule has 0 spiro atoms. The number of aryl methyl sites for hydroxylation is 2. The van der Waals surface area contributed by atoms with Gasteiger partial charge in [-0.3, -0.25) is 14.8 Å². The Morgan fingerprint density at radius 2 is 2.16 bits per heavy atom. The van der Waals surface area contributed by atoms with Gasteiger partial charge in [0.1, 0.15) is 6.04 Å². The van der Waals surface area contributed by atoms with E-state index in [2.05, 4.69) is 26.3 Å². The number of aromatic nitrogens is 2. The molecular weight excluding hydrogens is 310 g/mol. The summed E-state index contributed by atoms with van der Waals surface area (Å²) in [6.07, 6.45) is 0. The summed E-state index contributed by atoms with van der Waals surface area (Å²) in [4.78, 5) is 11.7. The molecule has 1 aromatic heterocycles. The fourth-order valence-corrected chi connectivity index (χ4v) is 2.39. The smallest absolute Gasteiger partial charge is 0.323 e. The molecule has 0 aliphatic heterocycles. The van der Waals surface area contributed by atoms with E-state index in [-0.39, 0.29) is 17.9 Å². The van der Waals surface area contributed by atoms with Crippen LogP contribution in [0.25, 0.3) is 0 Å². The van der Waals surface area contributed by atoms with Crippen LogP contribution in [0.15, 0.2) is 4.47 Å². The standard InChI is InChI=1S/C13H22BrN3O2/c1-6-17-10(11(14)9(4)16-17)7-15-12(8(2)3)13(18)19-5/h8,12,15H,6-7H2,1-5H3. The lowest BCUT2D eigenvalue weighted by atomic mass is 10.0. The van der Waals surface area contributed by atoms with E-state index in [1.54, 1.807) is 0 Å². The zero-order valence-corrected chi connectivity index (χ0v) is 13.7. The number of hydrogen-bond donors (Lipinski definition) is 1. The molecule has 0 fully saturated rings. The first-order valence-corrected chi connectivity index (χ1v) is 7.24. The predicted octanol–water partition coefficient (Wildman–Crippen LogP) is 2.26. The lowest BCUT2D eigenvalue weighted by Crippen LogP contribution is -2.41. The minimum Gasteiger partial charge on any atom is -0.468 e. The molecule has 1 N–H and O–H groups in total. The van der Waals surface area contributed by atoms with Crippen LogP contribution in [0.3, 0.4) is 0 Å². The lowest BCUT2D eigenvalue weighted by molar-refractivity contribution is -0.144. The third-order valence-corrected chi connectivity index (χ3v) is 4.10. The van der Waals surface area contributed by atoms with Gasteiger partial charge in [0.2, 0.25) is 0 Å². The van der Waals surface area contributed by atoms with Crippen LogP contribution in [-0.4, -0.2) is 28.9 Å². The quantitative estimate of drug-likeness (QED) is 0.812. The van der Waals surface area contributed by atoms with Crippen molar-refractivity contribution in [1.82, 2.24) is 15.1 Å². The number of nitrogens with one attached hydrogen (secondary N) is 1. The zero-order chi connectivity index (χ0) is 14.6. The molecule has 0 bridgehead atoms. The van der Waals surface area contributed by atoms with E-state index in [0.29, 0.717) is 6.54 Å². The Kier molecular flexibility index (Phi) is 6.00. The molecule has 1 aromatic rings. The molecule has 1 atom stereocenters. The van der Waals surface area contributed by atoms with Gasteiger partial charge in [-0.15, -0.1) is 0 Å². The van der Waals surface area contributed by atoms with Crippen LogP contribution in [0.5, 0.6) is 0 Å². The number of carbonyl (C=O) groups excluding carboxylic acids is 1. The van der Waals surface area contributed by atoms with Gasteiger partial charge in [-0.25, -0.2) is 0 Å². The molecule has 5 nitrogen and oxygen atoms in total. The molecule has 6 heteroatoms. The van der Waals surface area contributed by atoms with Crippen LogP contribution in [0, 0.1) is 12.8 Å². The topological polar surface area (TPSA) is 56.2 Å². The van der Waals surface area contributed by atoms with Crippen LogP contribution >= 0.6 is 15.9 Å². The van der Waals surface area contributed by atoms with Crippen molar-refractivity contribution < 1.29 is 9.53 Å². The predicted molar refractivity (Wildman–Crippen MR) is 77.8 cm³/mol. The molecule has 0 saturated heterocycles. The molecule has 1 unspecified atom stereocenters. The van der Waals surface area contributed by atoms with Gasteiger partial charge in [0.15, 0.2) is 0 Å². The van der Waals surface area contributed by atoms with Crippen LogP contribution in [-0.2, 0) is 22.6 Å². The number of carbonyl (C=O) groups is 1. The second-order valence-corrected chi connectivity index (χ2v) is 5.58. The van der Waals surface area contributed by atoms with Crippen molar-refractivity contribution in [2.24, 2.45) is 5.92 Å². The highest BCUT2D eigenvalue weighted by Gasteiger charge is 2.23. The molecule has 0 aliphatic carbocycles. The molecule has 108 valence electrons. The maximum atomic E-state index is 11.7. The highest BCUT2D eigenvalue weighted by Crippen LogP contribution is 2.21. The average molecular weight is 332 g/mol. The molecule has 0 radical (unpaired) electrons. The third kappa shape index (κ3) is 3.79. The van der Waals surface area contributed by atoms with Gasteiger partial charge in [-0.1, -0.05) is 13.8 Å². The average Bonchev–Trinajstić information content (AvgIpc) is 2.65. The number of methoxy groups -OCH3 is 1. The Labute approximate surface area is 122 Å². The third-order valence-electron chi connectivity index (χ3n) is 3.06. The molecule has 1 rings (SSSR count). The molecule has 0 aromatic carbocycles. The normalized spacial score (nSPS) is 12.8. The minimum absolute atomic E-state index is 0.172. The van der Waals surface area contributed by atoms with E-state index in [0.717, 1.165) is 22.4 Å². The number of esters is 1. The van der Waals surface area contributed by atoms with Crippen LogP contribution in [0.1, 0.15) is 32.2 Å². The van der Waals surface area contributed by atoms with E-state index in [1.165, 1.54) is 7.11 Å². The monoisotopic (exact) mass is 331 g/mol. The highest BCUT2D eigenvalue weighted by molar-refractivity contribution is 9.10. The Hall–Kier alpha value is -0.880. The van der Waals surface area contributed by atoms with Gasteiger partial charge in [0.25, 0.3) is 0 Å². The molecule has 0 saturated carbocycles. The number of hydrogen-bond acceptors (Lipinski definition) is 4.